The van der Waals surface area contributed by atoms with E-state index in [2.05, 4.69) is 47.7 Å². The first kappa shape index (κ1) is 20.3. The van der Waals surface area contributed by atoms with Crippen molar-refractivity contribution in [2.45, 2.75) is 89.8 Å². The van der Waals surface area contributed by atoms with Gasteiger partial charge in [0.1, 0.15) is 0 Å². The van der Waals surface area contributed by atoms with Crippen LogP contribution in [0, 0.1) is 0 Å². The second-order valence-corrected chi connectivity index (χ2v) is 18.0. The van der Waals surface area contributed by atoms with Gasteiger partial charge in [-0.15, -0.1) is 0 Å². The van der Waals surface area contributed by atoms with E-state index in [4.69, 9.17) is 4.43 Å². The summed E-state index contributed by atoms with van der Waals surface area (Å²) < 4.78 is 6.04. The fourth-order valence-corrected chi connectivity index (χ4v) is 3.24. The molecule has 122 valence electrons. The summed E-state index contributed by atoms with van der Waals surface area (Å²) in [6, 6.07) is 0. The lowest BCUT2D eigenvalue weighted by Crippen LogP contribution is -2.43. The van der Waals surface area contributed by atoms with Crippen molar-refractivity contribution < 1.29 is 14.3 Å². The van der Waals surface area contributed by atoms with E-state index in [0.29, 0.717) is 13.0 Å². The Bertz CT molecular complexity index is 271. The Morgan fingerprint density at radius 3 is 1.80 bits per heavy atom. The predicted octanol–water partition coefficient (Wildman–Crippen LogP) is 4.13. The van der Waals surface area contributed by atoms with Crippen LogP contribution in [-0.2, 0) is 4.43 Å². The van der Waals surface area contributed by atoms with Gasteiger partial charge in [-0.3, -0.25) is 0 Å². The molecular weight excluding hydrogens is 284 g/mol. The van der Waals surface area contributed by atoms with Crippen LogP contribution in [0.25, 0.3) is 0 Å². The number of hydrogen-bond donors (Lipinski definition) is 2. The Kier molecular flexibility index (Phi) is 6.71. The maximum absolute atomic E-state index is 10.3. The van der Waals surface area contributed by atoms with Gasteiger partial charge in [-0.2, -0.15) is 0 Å². The minimum absolute atomic E-state index is 0.0784. The summed E-state index contributed by atoms with van der Waals surface area (Å²) in [7, 11) is -3.96. The van der Waals surface area contributed by atoms with Gasteiger partial charge in [0.15, 0.2) is 16.6 Å². The minimum Gasteiger partial charge on any atom is -0.432 e. The first-order valence-electron chi connectivity index (χ1n) is 7.64. The molecule has 20 heavy (non-hydrogen) atoms. The van der Waals surface area contributed by atoms with Gasteiger partial charge in [0.25, 0.3) is 0 Å². The molecular formula is C15H36O3Si2. The highest BCUT2D eigenvalue weighted by atomic mass is 28.4. The Balaban J connectivity index is 4.31. The minimum atomic E-state index is -2.18. The molecule has 1 unspecified atom stereocenters. The molecule has 0 heterocycles. The second-order valence-electron chi connectivity index (χ2n) is 8.71. The van der Waals surface area contributed by atoms with Crippen molar-refractivity contribution in [3.8, 4) is 0 Å². The molecule has 0 saturated heterocycles. The Morgan fingerprint density at radius 1 is 1.00 bits per heavy atom. The van der Waals surface area contributed by atoms with Crippen molar-refractivity contribution in [1.82, 2.24) is 0 Å². The molecule has 0 radical (unpaired) electrons. The van der Waals surface area contributed by atoms with Crippen molar-refractivity contribution in [2.24, 2.45) is 0 Å². The number of hydrogen-bond acceptors (Lipinski definition) is 3. The molecule has 1 atom stereocenters. The van der Waals surface area contributed by atoms with E-state index >= 15 is 0 Å². The highest BCUT2D eigenvalue weighted by Crippen LogP contribution is 2.40. The van der Waals surface area contributed by atoms with Crippen LogP contribution in [0.2, 0.25) is 36.3 Å². The van der Waals surface area contributed by atoms with Crippen LogP contribution in [0.5, 0.6) is 0 Å². The van der Waals surface area contributed by atoms with E-state index in [9.17, 15) is 9.90 Å². The molecule has 5 heteroatoms. The second kappa shape index (κ2) is 6.61. The van der Waals surface area contributed by atoms with Gasteiger partial charge < -0.3 is 14.3 Å². The van der Waals surface area contributed by atoms with Crippen molar-refractivity contribution in [2.75, 3.05) is 6.61 Å². The van der Waals surface area contributed by atoms with Crippen LogP contribution < -0.4 is 0 Å². The van der Waals surface area contributed by atoms with E-state index in [1.165, 1.54) is 0 Å². The largest absolute Gasteiger partial charge is 0.432 e. The van der Waals surface area contributed by atoms with Gasteiger partial charge >= 0.3 is 0 Å². The van der Waals surface area contributed by atoms with E-state index in [0.717, 1.165) is 6.42 Å². The van der Waals surface area contributed by atoms with Crippen molar-refractivity contribution in [1.29, 1.82) is 0 Å². The molecule has 0 bridgehead atoms. The quantitative estimate of drug-likeness (QED) is 0.694. The summed E-state index contributed by atoms with van der Waals surface area (Å²) in [5, 5.41) is 10.2. The Hall–Kier alpha value is 0.314. The van der Waals surface area contributed by atoms with Crippen LogP contribution in [0.15, 0.2) is 0 Å². The summed E-state index contributed by atoms with van der Waals surface area (Å²) in [4.78, 5) is 10.3. The number of aliphatic hydroxyl groups is 1. The third-order valence-corrected chi connectivity index (χ3v) is 13.3. The normalized spacial score (nSPS) is 16.4. The van der Waals surface area contributed by atoms with Crippen LogP contribution in [-0.4, -0.2) is 39.2 Å². The SMILES string of the molecule is CC(C)(CCC(O)CO[Si](C)(C)C(C)(C)C)[Si](C)(C)O. The summed E-state index contributed by atoms with van der Waals surface area (Å²) in [6.07, 6.45) is 1.10. The number of rotatable bonds is 7. The molecule has 2 N–H and O–H groups in total. The van der Waals surface area contributed by atoms with E-state index in [1.807, 2.05) is 13.1 Å². The molecule has 3 nitrogen and oxygen atoms in total. The van der Waals surface area contributed by atoms with Crippen LogP contribution in [0.1, 0.15) is 47.5 Å². The van der Waals surface area contributed by atoms with Crippen molar-refractivity contribution >= 4 is 16.6 Å². The molecule has 0 aromatic rings. The maximum atomic E-state index is 10.3. The molecule has 0 fully saturated rings. The third kappa shape index (κ3) is 5.97. The average molecular weight is 321 g/mol. The van der Waals surface area contributed by atoms with E-state index in [1.54, 1.807) is 0 Å². The molecule has 0 aliphatic heterocycles. The van der Waals surface area contributed by atoms with Gasteiger partial charge in [-0.1, -0.05) is 34.6 Å². The van der Waals surface area contributed by atoms with Crippen LogP contribution in [0.4, 0.5) is 0 Å². The van der Waals surface area contributed by atoms with E-state index < -0.39 is 22.7 Å². The van der Waals surface area contributed by atoms with Gasteiger partial charge in [-0.25, -0.2) is 0 Å². The predicted molar refractivity (Wildman–Crippen MR) is 92.1 cm³/mol. The standard InChI is InChI=1S/C15H36O3Si2/c1-14(2,3)20(8,9)18-12-13(16)10-11-15(4,5)19(6,7)17/h13,16-17H,10-12H2,1-9H3. The molecule has 0 rings (SSSR count). The lowest BCUT2D eigenvalue weighted by Gasteiger charge is -2.38. The third-order valence-electron chi connectivity index (χ3n) is 5.20. The molecule has 0 aliphatic rings. The highest BCUT2D eigenvalue weighted by Gasteiger charge is 2.39. The lowest BCUT2D eigenvalue weighted by atomic mass is 10.0. The zero-order valence-electron chi connectivity index (χ0n) is 15.0. The van der Waals surface area contributed by atoms with Gasteiger partial charge in [0.2, 0.25) is 0 Å². The number of aliphatic hydroxyl groups excluding tert-OH is 1. The molecule has 0 spiro atoms. The Labute approximate surface area is 128 Å². The summed E-state index contributed by atoms with van der Waals surface area (Å²) >= 11 is 0. The van der Waals surface area contributed by atoms with Gasteiger partial charge in [-0.05, 0) is 49.1 Å². The monoisotopic (exact) mass is 320 g/mol. The molecule has 0 saturated carbocycles. The molecule has 0 aliphatic carbocycles. The zero-order chi connectivity index (χ0) is 16.4. The summed E-state index contributed by atoms with van der Waals surface area (Å²) in [5.41, 5.74) is 0. The average Bonchev–Trinajstić information content (AvgIpc) is 2.20. The van der Waals surface area contributed by atoms with E-state index in [-0.39, 0.29) is 10.1 Å². The summed E-state index contributed by atoms with van der Waals surface area (Å²) in [5.74, 6) is 0. The lowest BCUT2D eigenvalue weighted by molar-refractivity contribution is 0.0881. The smallest absolute Gasteiger partial charge is 0.192 e. The zero-order valence-corrected chi connectivity index (χ0v) is 17.0. The first-order chi connectivity index (χ1) is 8.60. The fraction of sp³-hybridized carbons (Fsp3) is 1.00. The summed E-state index contributed by atoms with van der Waals surface area (Å²) in [6.45, 7) is 19.6. The topological polar surface area (TPSA) is 49.7 Å². The Morgan fingerprint density at radius 2 is 1.45 bits per heavy atom. The van der Waals surface area contributed by atoms with Crippen molar-refractivity contribution in [3.63, 3.8) is 0 Å². The van der Waals surface area contributed by atoms with Crippen LogP contribution >= 0.6 is 0 Å². The van der Waals surface area contributed by atoms with Crippen LogP contribution in [0.3, 0.4) is 0 Å². The highest BCUT2D eigenvalue weighted by molar-refractivity contribution is 6.74. The fourth-order valence-electron chi connectivity index (χ4n) is 1.44. The van der Waals surface area contributed by atoms with Gasteiger partial charge in [0.05, 0.1) is 12.7 Å². The molecule has 0 aromatic carbocycles. The van der Waals surface area contributed by atoms with Gasteiger partial charge in [0, 0.05) is 0 Å². The molecule has 0 amide bonds. The first-order valence-corrected chi connectivity index (χ1v) is 13.5. The molecule has 0 aromatic heterocycles. The maximum Gasteiger partial charge on any atom is 0.192 e. The van der Waals surface area contributed by atoms with Crippen molar-refractivity contribution in [3.05, 3.63) is 0 Å².